The number of nitrogens with one attached hydrogen (secondary N) is 1. The summed E-state index contributed by atoms with van der Waals surface area (Å²) in [6.45, 7) is 5.90. The molecular formula is C16H23N3O3S. The van der Waals surface area contributed by atoms with Gasteiger partial charge in [0.1, 0.15) is 0 Å². The smallest absolute Gasteiger partial charge is 0.284 e. The van der Waals surface area contributed by atoms with Gasteiger partial charge in [-0.15, -0.1) is 0 Å². The van der Waals surface area contributed by atoms with Gasteiger partial charge in [0, 0.05) is 18.2 Å². The summed E-state index contributed by atoms with van der Waals surface area (Å²) in [7, 11) is 0. The highest BCUT2D eigenvalue weighted by molar-refractivity contribution is 7.80. The number of amides is 2. The van der Waals surface area contributed by atoms with Crippen LogP contribution in [0.25, 0.3) is 0 Å². The van der Waals surface area contributed by atoms with Gasteiger partial charge in [-0.1, -0.05) is 20.3 Å². The lowest BCUT2D eigenvalue weighted by atomic mass is 10.1. The van der Waals surface area contributed by atoms with E-state index in [1.54, 1.807) is 24.3 Å². The van der Waals surface area contributed by atoms with Gasteiger partial charge in [0.2, 0.25) is 5.91 Å². The lowest BCUT2D eigenvalue weighted by Gasteiger charge is -2.22. The van der Waals surface area contributed by atoms with Gasteiger partial charge >= 0.3 is 0 Å². The van der Waals surface area contributed by atoms with Gasteiger partial charge in [-0.2, -0.15) is 5.06 Å². The fourth-order valence-electron chi connectivity index (χ4n) is 2.02. The van der Waals surface area contributed by atoms with Crippen molar-refractivity contribution in [1.29, 1.82) is 0 Å². The molecular weight excluding hydrogens is 314 g/mol. The van der Waals surface area contributed by atoms with Crippen LogP contribution in [-0.4, -0.2) is 28.6 Å². The van der Waals surface area contributed by atoms with Crippen LogP contribution < -0.4 is 11.1 Å². The summed E-state index contributed by atoms with van der Waals surface area (Å²) < 4.78 is 0. The molecule has 0 heterocycles. The van der Waals surface area contributed by atoms with Crippen molar-refractivity contribution < 1.29 is 14.4 Å². The number of anilines is 1. The third-order valence-corrected chi connectivity index (χ3v) is 3.27. The summed E-state index contributed by atoms with van der Waals surface area (Å²) in [4.78, 5) is 28.9. The molecule has 0 aliphatic carbocycles. The molecule has 1 unspecified atom stereocenters. The molecule has 1 atom stereocenters. The molecule has 0 aromatic heterocycles. The summed E-state index contributed by atoms with van der Waals surface area (Å²) in [5, 5.41) is 3.44. The second-order valence-electron chi connectivity index (χ2n) is 5.39. The summed E-state index contributed by atoms with van der Waals surface area (Å²) in [6, 6.07) is 6.42. The fourth-order valence-corrected chi connectivity index (χ4v) is 2.15. The van der Waals surface area contributed by atoms with Crippen LogP contribution in [0, 0.1) is 5.92 Å². The van der Waals surface area contributed by atoms with Gasteiger partial charge in [0.05, 0.1) is 6.61 Å². The molecule has 0 aliphatic rings. The third kappa shape index (κ3) is 6.33. The Bertz CT molecular complexity index is 560. The van der Waals surface area contributed by atoms with E-state index in [-0.39, 0.29) is 11.0 Å². The fraction of sp³-hybridized carbons (Fsp3) is 0.438. The van der Waals surface area contributed by atoms with Crippen LogP contribution in [0.4, 0.5) is 5.69 Å². The minimum absolute atomic E-state index is 0.135. The van der Waals surface area contributed by atoms with Crippen LogP contribution in [-0.2, 0) is 9.63 Å². The van der Waals surface area contributed by atoms with E-state index >= 15 is 0 Å². The Morgan fingerprint density at radius 1 is 1.35 bits per heavy atom. The van der Waals surface area contributed by atoms with Crippen LogP contribution in [0.1, 0.15) is 44.0 Å². The second kappa shape index (κ2) is 9.22. The standard InChI is InChI=1S/C16H23N3O3S/c1-4-5-11(2)10-22-19(16(17)23)15(21)13-6-8-14(9-7-13)18-12(3)20/h6-9,11H,4-5,10H2,1-3H3,(H2,17,23)(H,18,20). The molecule has 0 fully saturated rings. The predicted molar refractivity (Wildman–Crippen MR) is 93.7 cm³/mol. The maximum Gasteiger partial charge on any atom is 0.284 e. The number of nitrogens with zero attached hydrogens (tertiary/aromatic N) is 1. The number of nitrogens with two attached hydrogens (primary N) is 1. The van der Waals surface area contributed by atoms with Crippen LogP contribution in [0.2, 0.25) is 0 Å². The molecule has 1 rings (SSSR count). The number of rotatable bonds is 7. The first-order valence-corrected chi connectivity index (χ1v) is 7.90. The monoisotopic (exact) mass is 337 g/mol. The van der Waals surface area contributed by atoms with Crippen LogP contribution in [0.3, 0.4) is 0 Å². The first-order valence-electron chi connectivity index (χ1n) is 7.49. The number of carbonyl (C=O) groups excluding carboxylic acids is 2. The average Bonchev–Trinajstić information content (AvgIpc) is 2.47. The number of hydrogen-bond acceptors (Lipinski definition) is 4. The largest absolute Gasteiger partial charge is 0.374 e. The van der Waals surface area contributed by atoms with Crippen molar-refractivity contribution in [3.8, 4) is 0 Å². The molecule has 126 valence electrons. The zero-order chi connectivity index (χ0) is 17.4. The molecule has 0 saturated carbocycles. The van der Waals surface area contributed by atoms with E-state index in [4.69, 9.17) is 22.8 Å². The Hall–Kier alpha value is -1.99. The zero-order valence-electron chi connectivity index (χ0n) is 13.7. The van der Waals surface area contributed by atoms with Gasteiger partial charge in [-0.25, -0.2) is 0 Å². The molecule has 23 heavy (non-hydrogen) atoms. The zero-order valence-corrected chi connectivity index (χ0v) is 14.5. The number of benzene rings is 1. The van der Waals surface area contributed by atoms with E-state index in [0.29, 0.717) is 23.8 Å². The Balaban J connectivity index is 2.77. The molecule has 6 nitrogen and oxygen atoms in total. The first kappa shape index (κ1) is 19.1. The van der Waals surface area contributed by atoms with Crippen LogP contribution >= 0.6 is 12.2 Å². The number of hydrogen-bond donors (Lipinski definition) is 2. The van der Waals surface area contributed by atoms with E-state index < -0.39 is 5.91 Å². The lowest BCUT2D eigenvalue weighted by Crippen LogP contribution is -2.41. The summed E-state index contributed by atoms with van der Waals surface area (Å²) >= 11 is 4.89. The number of thiocarbonyl (C=S) groups is 1. The maximum absolute atomic E-state index is 12.4. The van der Waals surface area contributed by atoms with Crippen molar-refractivity contribution >= 4 is 34.8 Å². The molecule has 1 aromatic carbocycles. The molecule has 2 amide bonds. The highest BCUT2D eigenvalue weighted by atomic mass is 32.1. The van der Waals surface area contributed by atoms with Crippen molar-refractivity contribution in [1.82, 2.24) is 5.06 Å². The van der Waals surface area contributed by atoms with Gasteiger partial charge in [-0.05, 0) is 48.8 Å². The molecule has 1 aromatic rings. The molecule has 7 heteroatoms. The van der Waals surface area contributed by atoms with E-state index in [9.17, 15) is 9.59 Å². The summed E-state index contributed by atoms with van der Waals surface area (Å²) in [6.07, 6.45) is 2.03. The molecule has 0 aliphatic heterocycles. The van der Waals surface area contributed by atoms with Gasteiger partial charge in [0.25, 0.3) is 5.91 Å². The van der Waals surface area contributed by atoms with Gasteiger partial charge in [0.15, 0.2) is 5.11 Å². The van der Waals surface area contributed by atoms with Crippen molar-refractivity contribution in [2.45, 2.75) is 33.6 Å². The van der Waals surface area contributed by atoms with Crippen LogP contribution in [0.5, 0.6) is 0 Å². The Kier molecular flexibility index (Phi) is 7.64. The summed E-state index contributed by atoms with van der Waals surface area (Å²) in [5.41, 5.74) is 6.56. The Morgan fingerprint density at radius 2 is 1.96 bits per heavy atom. The van der Waals surface area contributed by atoms with Crippen molar-refractivity contribution in [2.75, 3.05) is 11.9 Å². The van der Waals surface area contributed by atoms with Crippen LogP contribution in [0.15, 0.2) is 24.3 Å². The predicted octanol–water partition coefficient (Wildman–Crippen LogP) is 2.70. The lowest BCUT2D eigenvalue weighted by molar-refractivity contribution is -0.114. The average molecular weight is 337 g/mol. The van der Waals surface area contributed by atoms with Crippen molar-refractivity contribution in [2.24, 2.45) is 11.7 Å². The van der Waals surface area contributed by atoms with Crippen molar-refractivity contribution in [3.05, 3.63) is 29.8 Å². The number of hydroxylamine groups is 2. The minimum Gasteiger partial charge on any atom is -0.374 e. The van der Waals surface area contributed by atoms with E-state index in [1.165, 1.54) is 6.92 Å². The van der Waals surface area contributed by atoms with Crippen molar-refractivity contribution in [3.63, 3.8) is 0 Å². The molecule has 0 bridgehead atoms. The Labute approximate surface area is 141 Å². The summed E-state index contributed by atoms with van der Waals surface area (Å²) in [5.74, 6) is -0.315. The maximum atomic E-state index is 12.4. The molecule has 0 spiro atoms. The van der Waals surface area contributed by atoms with E-state index in [2.05, 4.69) is 12.2 Å². The molecule has 3 N–H and O–H groups in total. The van der Waals surface area contributed by atoms with E-state index in [1.807, 2.05) is 6.92 Å². The van der Waals surface area contributed by atoms with Gasteiger partial charge in [-0.3, -0.25) is 14.4 Å². The first-order chi connectivity index (χ1) is 10.8. The third-order valence-electron chi connectivity index (χ3n) is 3.11. The normalized spacial score (nSPS) is 11.6. The molecule has 0 radical (unpaired) electrons. The highest BCUT2D eigenvalue weighted by Crippen LogP contribution is 2.13. The van der Waals surface area contributed by atoms with E-state index in [0.717, 1.165) is 17.9 Å². The highest BCUT2D eigenvalue weighted by Gasteiger charge is 2.20. The quantitative estimate of drug-likeness (QED) is 0.590. The number of carbonyl (C=O) groups is 2. The SMILES string of the molecule is CCCC(C)CON(C(=O)c1ccc(NC(C)=O)cc1)C(N)=S. The second-order valence-corrected chi connectivity index (χ2v) is 5.80. The topological polar surface area (TPSA) is 84.7 Å². The molecule has 0 saturated heterocycles. The van der Waals surface area contributed by atoms with Gasteiger partial charge < -0.3 is 11.1 Å². The Morgan fingerprint density at radius 3 is 2.43 bits per heavy atom. The minimum atomic E-state index is -0.435.